The lowest BCUT2D eigenvalue weighted by molar-refractivity contribution is 0.286. The van der Waals surface area contributed by atoms with Gasteiger partial charge in [-0.05, 0) is 30.7 Å². The molecule has 0 amide bonds. The Morgan fingerprint density at radius 3 is 2.82 bits per heavy atom. The molecule has 5 heteroatoms. The monoisotopic (exact) mass is 297 g/mol. The lowest BCUT2D eigenvalue weighted by Gasteiger charge is -2.05. The third kappa shape index (κ3) is 3.19. The summed E-state index contributed by atoms with van der Waals surface area (Å²) in [5.41, 5.74) is 2.78. The highest BCUT2D eigenvalue weighted by atomic mass is 19.1. The Morgan fingerprint density at radius 2 is 2.00 bits per heavy atom. The number of hydrogen-bond donors (Lipinski definition) is 0. The molecule has 0 atom stereocenters. The van der Waals surface area contributed by atoms with Crippen LogP contribution in [-0.4, -0.2) is 21.6 Å². The van der Waals surface area contributed by atoms with E-state index >= 15 is 0 Å². The van der Waals surface area contributed by atoms with E-state index in [1.807, 2.05) is 18.2 Å². The van der Waals surface area contributed by atoms with Gasteiger partial charge in [-0.25, -0.2) is 14.4 Å². The second kappa shape index (κ2) is 6.47. The Morgan fingerprint density at radius 1 is 1.09 bits per heavy atom. The summed E-state index contributed by atoms with van der Waals surface area (Å²) < 4.78 is 18.8. The predicted octanol–water partition coefficient (Wildman–Crippen LogP) is 4.01. The summed E-state index contributed by atoms with van der Waals surface area (Å²) >= 11 is 0. The molecule has 1 aromatic carbocycles. The molecule has 2 heterocycles. The maximum atomic E-state index is 13.3. The number of pyridine rings is 1. The Bertz CT molecular complexity index is 792. The van der Waals surface area contributed by atoms with Gasteiger partial charge in [0.15, 0.2) is 0 Å². The van der Waals surface area contributed by atoms with Gasteiger partial charge >= 0.3 is 6.01 Å². The molecule has 0 bridgehead atoms. The summed E-state index contributed by atoms with van der Waals surface area (Å²) in [5, 5.41) is 0. The van der Waals surface area contributed by atoms with Crippen LogP contribution in [0.3, 0.4) is 0 Å². The Hall–Kier alpha value is -2.56. The molecule has 112 valence electrons. The van der Waals surface area contributed by atoms with Crippen LogP contribution in [0.15, 0.2) is 42.6 Å². The number of aromatic nitrogens is 3. The van der Waals surface area contributed by atoms with E-state index in [0.29, 0.717) is 29.3 Å². The van der Waals surface area contributed by atoms with Gasteiger partial charge in [-0.1, -0.05) is 25.5 Å². The zero-order valence-corrected chi connectivity index (χ0v) is 12.3. The molecule has 4 nitrogen and oxygen atoms in total. The van der Waals surface area contributed by atoms with E-state index in [0.717, 1.165) is 18.4 Å². The van der Waals surface area contributed by atoms with Crippen molar-refractivity contribution in [2.45, 2.75) is 19.8 Å². The van der Waals surface area contributed by atoms with Crippen LogP contribution >= 0.6 is 0 Å². The molecular weight excluding hydrogens is 281 g/mol. The van der Waals surface area contributed by atoms with E-state index in [4.69, 9.17) is 4.74 Å². The van der Waals surface area contributed by atoms with Crippen LogP contribution in [0.25, 0.3) is 22.3 Å². The zero-order chi connectivity index (χ0) is 15.4. The van der Waals surface area contributed by atoms with Gasteiger partial charge in [0.05, 0.1) is 24.0 Å². The molecule has 3 rings (SSSR count). The maximum Gasteiger partial charge on any atom is 0.317 e. The van der Waals surface area contributed by atoms with Gasteiger partial charge in [0.1, 0.15) is 11.3 Å². The van der Waals surface area contributed by atoms with Gasteiger partial charge in [0, 0.05) is 5.56 Å². The first-order valence-corrected chi connectivity index (χ1v) is 7.29. The largest absolute Gasteiger partial charge is 0.463 e. The third-order valence-corrected chi connectivity index (χ3v) is 3.27. The van der Waals surface area contributed by atoms with Gasteiger partial charge in [-0.3, -0.25) is 0 Å². The number of benzene rings is 1. The van der Waals surface area contributed by atoms with Crippen LogP contribution in [0.1, 0.15) is 19.8 Å². The highest BCUT2D eigenvalue weighted by Crippen LogP contribution is 2.21. The number of ether oxygens (including phenoxy) is 1. The minimum absolute atomic E-state index is 0.282. The molecule has 0 saturated carbocycles. The SMILES string of the molecule is CCCCOc1ncc2nc(-c3cccc(F)c3)ccc2n1. The Kier molecular flexibility index (Phi) is 4.23. The minimum Gasteiger partial charge on any atom is -0.463 e. The maximum absolute atomic E-state index is 13.3. The summed E-state index contributed by atoms with van der Waals surface area (Å²) in [6.45, 7) is 2.71. The fourth-order valence-corrected chi connectivity index (χ4v) is 2.09. The fraction of sp³-hybridized carbons (Fsp3) is 0.235. The first-order chi connectivity index (χ1) is 10.8. The van der Waals surface area contributed by atoms with Crippen molar-refractivity contribution in [1.29, 1.82) is 0 Å². The summed E-state index contributed by atoms with van der Waals surface area (Å²) in [7, 11) is 0. The molecule has 3 aromatic rings. The molecule has 0 N–H and O–H groups in total. The fourth-order valence-electron chi connectivity index (χ4n) is 2.09. The first-order valence-electron chi connectivity index (χ1n) is 7.29. The predicted molar refractivity (Wildman–Crippen MR) is 83.1 cm³/mol. The van der Waals surface area contributed by atoms with E-state index in [2.05, 4.69) is 21.9 Å². The Labute approximate surface area is 128 Å². The summed E-state index contributed by atoms with van der Waals surface area (Å²) in [4.78, 5) is 13.0. The standard InChI is InChI=1S/C17H16FN3O/c1-2-3-9-22-17-19-11-16-15(21-17)8-7-14(20-16)12-5-4-6-13(18)10-12/h4-8,10-11H,2-3,9H2,1H3. The van der Waals surface area contributed by atoms with Crippen LogP contribution < -0.4 is 4.74 Å². The van der Waals surface area contributed by atoms with Gasteiger partial charge in [-0.2, -0.15) is 4.98 Å². The minimum atomic E-state index is -0.282. The lowest BCUT2D eigenvalue weighted by Crippen LogP contribution is -2.01. The average molecular weight is 297 g/mol. The zero-order valence-electron chi connectivity index (χ0n) is 12.3. The average Bonchev–Trinajstić information content (AvgIpc) is 2.54. The normalized spacial score (nSPS) is 10.8. The van der Waals surface area contributed by atoms with Gasteiger partial charge < -0.3 is 4.74 Å². The van der Waals surface area contributed by atoms with Crippen LogP contribution in [0.4, 0.5) is 4.39 Å². The van der Waals surface area contributed by atoms with E-state index in [9.17, 15) is 4.39 Å². The third-order valence-electron chi connectivity index (χ3n) is 3.27. The molecule has 0 aliphatic heterocycles. The highest BCUT2D eigenvalue weighted by molar-refractivity contribution is 5.77. The van der Waals surface area contributed by atoms with Gasteiger partial charge in [0.25, 0.3) is 0 Å². The van der Waals surface area contributed by atoms with Crippen molar-refractivity contribution in [3.05, 3.63) is 48.4 Å². The Balaban J connectivity index is 1.89. The number of rotatable bonds is 5. The quantitative estimate of drug-likeness (QED) is 0.668. The van der Waals surface area contributed by atoms with Crippen molar-refractivity contribution < 1.29 is 9.13 Å². The van der Waals surface area contributed by atoms with Gasteiger partial charge in [0.2, 0.25) is 0 Å². The van der Waals surface area contributed by atoms with E-state index in [1.165, 1.54) is 12.1 Å². The first kappa shape index (κ1) is 14.4. The molecule has 0 saturated heterocycles. The summed E-state index contributed by atoms with van der Waals surface area (Å²) in [6.07, 6.45) is 3.66. The van der Waals surface area contributed by atoms with E-state index in [1.54, 1.807) is 12.3 Å². The topological polar surface area (TPSA) is 47.9 Å². The molecule has 0 spiro atoms. The van der Waals surface area contributed by atoms with Crippen molar-refractivity contribution in [1.82, 2.24) is 15.0 Å². The van der Waals surface area contributed by atoms with Crippen molar-refractivity contribution in [2.24, 2.45) is 0 Å². The molecule has 0 radical (unpaired) electrons. The van der Waals surface area contributed by atoms with Crippen LogP contribution in [0.5, 0.6) is 6.01 Å². The molecule has 0 unspecified atom stereocenters. The molecular formula is C17H16FN3O. The second-order valence-corrected chi connectivity index (χ2v) is 4.97. The molecule has 22 heavy (non-hydrogen) atoms. The number of unbranched alkanes of at least 4 members (excludes halogenated alkanes) is 1. The lowest BCUT2D eigenvalue weighted by atomic mass is 10.1. The smallest absolute Gasteiger partial charge is 0.317 e. The van der Waals surface area contributed by atoms with Crippen LogP contribution in [0, 0.1) is 5.82 Å². The molecule has 0 fully saturated rings. The van der Waals surface area contributed by atoms with Crippen molar-refractivity contribution >= 4 is 11.0 Å². The number of nitrogens with zero attached hydrogens (tertiary/aromatic N) is 3. The second-order valence-electron chi connectivity index (χ2n) is 4.97. The van der Waals surface area contributed by atoms with Crippen LogP contribution in [-0.2, 0) is 0 Å². The number of halogens is 1. The van der Waals surface area contributed by atoms with Crippen LogP contribution in [0.2, 0.25) is 0 Å². The number of hydrogen-bond acceptors (Lipinski definition) is 4. The van der Waals surface area contributed by atoms with Crippen molar-refractivity contribution in [3.63, 3.8) is 0 Å². The van der Waals surface area contributed by atoms with Gasteiger partial charge in [-0.15, -0.1) is 0 Å². The highest BCUT2D eigenvalue weighted by Gasteiger charge is 2.06. The molecule has 0 aliphatic rings. The summed E-state index contributed by atoms with van der Waals surface area (Å²) in [5.74, 6) is -0.282. The van der Waals surface area contributed by atoms with Crippen molar-refractivity contribution in [3.8, 4) is 17.3 Å². The summed E-state index contributed by atoms with van der Waals surface area (Å²) in [6, 6.07) is 10.4. The molecule has 2 aromatic heterocycles. The van der Waals surface area contributed by atoms with E-state index in [-0.39, 0.29) is 5.82 Å². The number of fused-ring (bicyclic) bond motifs is 1. The van der Waals surface area contributed by atoms with E-state index < -0.39 is 0 Å². The van der Waals surface area contributed by atoms with Crippen molar-refractivity contribution in [2.75, 3.05) is 6.61 Å². The molecule has 0 aliphatic carbocycles.